The molecule has 1 aliphatic rings. The number of phenols is 4. The zero-order valence-corrected chi connectivity index (χ0v) is 14.2. The summed E-state index contributed by atoms with van der Waals surface area (Å²) in [5.41, 5.74) is 0.387. The highest BCUT2D eigenvalue weighted by molar-refractivity contribution is 5.63. The van der Waals surface area contributed by atoms with Crippen LogP contribution in [-0.2, 0) is 11.3 Å². The Balaban J connectivity index is 0.00000102. The van der Waals surface area contributed by atoms with Crippen LogP contribution >= 0.6 is 0 Å². The van der Waals surface area contributed by atoms with Crippen LogP contribution in [-0.4, -0.2) is 51.6 Å². The smallest absolute Gasteiger partial charge is 0.201 e. The van der Waals surface area contributed by atoms with Gasteiger partial charge in [0.1, 0.15) is 5.75 Å². The van der Waals surface area contributed by atoms with Gasteiger partial charge >= 0.3 is 0 Å². The third-order valence-corrected chi connectivity index (χ3v) is 3.22. The van der Waals surface area contributed by atoms with Crippen molar-refractivity contribution in [2.24, 2.45) is 0 Å². The van der Waals surface area contributed by atoms with Gasteiger partial charge in [-0.3, -0.25) is 4.90 Å². The molecule has 0 aliphatic carbocycles. The van der Waals surface area contributed by atoms with Gasteiger partial charge in [-0.2, -0.15) is 0 Å². The van der Waals surface area contributed by atoms with E-state index in [0.717, 1.165) is 0 Å². The van der Waals surface area contributed by atoms with Crippen LogP contribution in [0, 0.1) is 6.92 Å². The van der Waals surface area contributed by atoms with E-state index in [2.05, 4.69) is 0 Å². The van der Waals surface area contributed by atoms with E-state index in [4.69, 9.17) is 4.74 Å². The topological polar surface area (TPSA) is 93.4 Å². The zero-order valence-electron chi connectivity index (χ0n) is 14.2. The van der Waals surface area contributed by atoms with Crippen molar-refractivity contribution in [3.05, 3.63) is 11.1 Å². The molecule has 1 heterocycles. The molecule has 4 N–H and O–H groups in total. The molecular weight excluding hydrogens is 286 g/mol. The molecule has 1 fully saturated rings. The van der Waals surface area contributed by atoms with E-state index in [-0.39, 0.29) is 16.9 Å². The fraction of sp³-hybridized carbons (Fsp3) is 0.625. The van der Waals surface area contributed by atoms with Crippen LogP contribution in [0.15, 0.2) is 0 Å². The Labute approximate surface area is 132 Å². The predicted molar refractivity (Wildman–Crippen MR) is 86.6 cm³/mol. The quantitative estimate of drug-likeness (QED) is 0.495. The number of hydrogen-bond donors (Lipinski definition) is 4. The third kappa shape index (κ3) is 4.68. The Morgan fingerprint density at radius 2 is 1.32 bits per heavy atom. The molecule has 0 saturated carbocycles. The summed E-state index contributed by atoms with van der Waals surface area (Å²) in [4.78, 5) is 1.99. The minimum atomic E-state index is -0.589. The number of benzene rings is 1. The predicted octanol–water partition coefficient (Wildman–Crippen LogP) is 2.70. The summed E-state index contributed by atoms with van der Waals surface area (Å²) in [6.07, 6.45) is 0. The van der Waals surface area contributed by atoms with Crippen LogP contribution in [0.1, 0.15) is 38.8 Å². The first-order chi connectivity index (χ1) is 10.5. The second-order valence-corrected chi connectivity index (χ2v) is 4.39. The summed E-state index contributed by atoms with van der Waals surface area (Å²) >= 11 is 0. The standard InChI is InChI=1S/C12H17NO5.2C2H6/c1-7-9(14)8(11(16)12(17)10(7)15)6-13-2-4-18-5-3-13;2*1-2/h14-17H,2-6H2,1H3;2*1-2H3. The van der Waals surface area contributed by atoms with Gasteiger partial charge in [-0.15, -0.1) is 0 Å². The molecule has 1 saturated heterocycles. The highest BCUT2D eigenvalue weighted by Gasteiger charge is 2.23. The maximum absolute atomic E-state index is 9.93. The van der Waals surface area contributed by atoms with Crippen LogP contribution in [0.2, 0.25) is 0 Å². The number of rotatable bonds is 2. The normalized spacial score (nSPS) is 14.4. The van der Waals surface area contributed by atoms with E-state index in [1.165, 1.54) is 6.92 Å². The van der Waals surface area contributed by atoms with Crippen molar-refractivity contribution in [2.75, 3.05) is 26.3 Å². The third-order valence-electron chi connectivity index (χ3n) is 3.22. The number of hydrogen-bond acceptors (Lipinski definition) is 6. The van der Waals surface area contributed by atoms with Crippen molar-refractivity contribution in [2.45, 2.75) is 41.2 Å². The molecule has 1 aliphatic heterocycles. The minimum absolute atomic E-state index is 0.161. The van der Waals surface area contributed by atoms with Gasteiger partial charge in [-0.05, 0) is 6.92 Å². The SMILES string of the molecule is CC.CC.Cc1c(O)c(O)c(O)c(CN2CCOCC2)c1O. The molecule has 1 aromatic carbocycles. The summed E-state index contributed by atoms with van der Waals surface area (Å²) in [7, 11) is 0. The van der Waals surface area contributed by atoms with E-state index in [9.17, 15) is 20.4 Å². The van der Waals surface area contributed by atoms with Crippen molar-refractivity contribution in [1.82, 2.24) is 4.90 Å². The second-order valence-electron chi connectivity index (χ2n) is 4.39. The maximum Gasteiger partial charge on any atom is 0.201 e. The van der Waals surface area contributed by atoms with Gasteiger partial charge in [0.05, 0.1) is 18.8 Å². The first-order valence-electron chi connectivity index (χ1n) is 7.77. The molecule has 0 aromatic heterocycles. The summed E-state index contributed by atoms with van der Waals surface area (Å²) in [6.45, 7) is 12.4. The van der Waals surface area contributed by atoms with E-state index >= 15 is 0 Å². The molecular formula is C16H29NO5. The average Bonchev–Trinajstić information content (AvgIpc) is 2.59. The Morgan fingerprint density at radius 1 is 0.818 bits per heavy atom. The number of aromatic hydroxyl groups is 4. The van der Waals surface area contributed by atoms with Gasteiger partial charge in [0, 0.05) is 25.2 Å². The molecule has 6 nitrogen and oxygen atoms in total. The van der Waals surface area contributed by atoms with Crippen molar-refractivity contribution >= 4 is 0 Å². The molecule has 6 heteroatoms. The van der Waals surface area contributed by atoms with E-state index in [1.807, 2.05) is 32.6 Å². The molecule has 0 bridgehead atoms. The van der Waals surface area contributed by atoms with Crippen molar-refractivity contribution in [3.63, 3.8) is 0 Å². The molecule has 2 rings (SSSR count). The van der Waals surface area contributed by atoms with E-state index in [0.29, 0.717) is 32.8 Å². The van der Waals surface area contributed by atoms with Crippen molar-refractivity contribution in [3.8, 4) is 23.0 Å². The molecule has 128 valence electrons. The summed E-state index contributed by atoms with van der Waals surface area (Å²) in [5.74, 6) is -1.74. The highest BCUT2D eigenvalue weighted by atomic mass is 16.5. The summed E-state index contributed by atoms with van der Waals surface area (Å²) in [6, 6.07) is 0. The first kappa shape index (κ1) is 20.3. The Hall–Kier alpha value is -1.66. The summed E-state index contributed by atoms with van der Waals surface area (Å²) in [5, 5.41) is 38.8. The summed E-state index contributed by atoms with van der Waals surface area (Å²) < 4.78 is 5.21. The molecule has 1 aromatic rings. The lowest BCUT2D eigenvalue weighted by Crippen LogP contribution is -2.35. The van der Waals surface area contributed by atoms with Crippen LogP contribution < -0.4 is 0 Å². The second kappa shape index (κ2) is 10.1. The maximum atomic E-state index is 9.93. The highest BCUT2D eigenvalue weighted by Crippen LogP contribution is 2.46. The van der Waals surface area contributed by atoms with Gasteiger partial charge in [0.2, 0.25) is 5.75 Å². The monoisotopic (exact) mass is 315 g/mol. The van der Waals surface area contributed by atoms with Crippen LogP contribution in [0.3, 0.4) is 0 Å². The number of nitrogens with zero attached hydrogens (tertiary/aromatic N) is 1. The van der Waals surface area contributed by atoms with E-state index < -0.39 is 17.2 Å². The molecule has 0 spiro atoms. The van der Waals surface area contributed by atoms with Gasteiger partial charge in [-0.1, -0.05) is 27.7 Å². The van der Waals surface area contributed by atoms with Gasteiger partial charge in [-0.25, -0.2) is 0 Å². The fourth-order valence-corrected chi connectivity index (χ4v) is 2.02. The van der Waals surface area contributed by atoms with Crippen LogP contribution in [0.25, 0.3) is 0 Å². The Kier molecular flexibility index (Phi) is 9.37. The van der Waals surface area contributed by atoms with Crippen molar-refractivity contribution in [1.29, 1.82) is 0 Å². The first-order valence-corrected chi connectivity index (χ1v) is 7.77. The van der Waals surface area contributed by atoms with Crippen LogP contribution in [0.4, 0.5) is 0 Å². The number of ether oxygens (including phenoxy) is 1. The lowest BCUT2D eigenvalue weighted by Gasteiger charge is -2.27. The van der Waals surface area contributed by atoms with Gasteiger partial charge in [0.15, 0.2) is 11.5 Å². The minimum Gasteiger partial charge on any atom is -0.507 e. The molecule has 0 unspecified atom stereocenters. The van der Waals surface area contributed by atoms with Crippen molar-refractivity contribution < 1.29 is 25.2 Å². The molecule has 0 radical (unpaired) electrons. The van der Waals surface area contributed by atoms with Crippen LogP contribution in [0.5, 0.6) is 23.0 Å². The van der Waals surface area contributed by atoms with Gasteiger partial charge < -0.3 is 25.2 Å². The van der Waals surface area contributed by atoms with E-state index in [1.54, 1.807) is 0 Å². The Bertz CT molecular complexity index is 427. The fourth-order valence-electron chi connectivity index (χ4n) is 2.02. The largest absolute Gasteiger partial charge is 0.507 e. The molecule has 0 amide bonds. The number of phenolic OH excluding ortho intramolecular Hbond substituents is 4. The Morgan fingerprint density at radius 3 is 1.82 bits per heavy atom. The molecule has 22 heavy (non-hydrogen) atoms. The lowest BCUT2D eigenvalue weighted by atomic mass is 10.1. The van der Waals surface area contributed by atoms with Gasteiger partial charge in [0.25, 0.3) is 0 Å². The zero-order chi connectivity index (χ0) is 17.3. The lowest BCUT2D eigenvalue weighted by molar-refractivity contribution is 0.0335. The number of morpholine rings is 1. The molecule has 0 atom stereocenters. The average molecular weight is 315 g/mol.